The zero-order valence-electron chi connectivity index (χ0n) is 16.3. The second-order valence-corrected chi connectivity index (χ2v) is 6.28. The summed E-state index contributed by atoms with van der Waals surface area (Å²) < 4.78 is 10.9. The first-order chi connectivity index (χ1) is 14.7. The van der Waals surface area contributed by atoms with Crippen molar-refractivity contribution in [1.82, 2.24) is 10.9 Å². The molecule has 2 amide bonds. The Morgan fingerprint density at radius 1 is 0.800 bits per heavy atom. The quantitative estimate of drug-likeness (QED) is 0.444. The van der Waals surface area contributed by atoms with E-state index in [1.54, 1.807) is 42.5 Å². The molecule has 3 aromatic rings. The van der Waals surface area contributed by atoms with Gasteiger partial charge in [-0.2, -0.15) is 0 Å². The lowest BCUT2D eigenvalue weighted by Gasteiger charge is -2.12. The minimum absolute atomic E-state index is 0.237. The molecule has 0 aromatic heterocycles. The van der Waals surface area contributed by atoms with E-state index in [0.717, 1.165) is 11.1 Å². The zero-order chi connectivity index (χ0) is 21.2. The van der Waals surface area contributed by atoms with Gasteiger partial charge in [0.15, 0.2) is 6.61 Å². The van der Waals surface area contributed by atoms with E-state index in [9.17, 15) is 9.59 Å². The van der Waals surface area contributed by atoms with Crippen LogP contribution in [0.25, 0.3) is 11.1 Å². The molecule has 30 heavy (non-hydrogen) atoms. The first-order valence-electron chi connectivity index (χ1n) is 9.37. The largest absolute Gasteiger partial charge is 0.489 e. The van der Waals surface area contributed by atoms with Crippen LogP contribution in [0.4, 0.5) is 0 Å². The lowest BCUT2D eigenvalue weighted by molar-refractivity contribution is -0.123. The number of para-hydroxylation sites is 1. The molecular weight excluding hydrogens is 380 g/mol. The van der Waals surface area contributed by atoms with E-state index in [-0.39, 0.29) is 13.2 Å². The molecule has 0 aliphatic heterocycles. The Hall–Kier alpha value is -4.06. The predicted molar refractivity (Wildman–Crippen MR) is 115 cm³/mol. The predicted octanol–water partition coefficient (Wildman–Crippen LogP) is 3.76. The van der Waals surface area contributed by atoms with Crippen molar-refractivity contribution in [1.29, 1.82) is 0 Å². The van der Waals surface area contributed by atoms with Gasteiger partial charge in [-0.05, 0) is 35.4 Å². The molecule has 0 aliphatic rings. The fourth-order valence-electron chi connectivity index (χ4n) is 2.68. The molecule has 3 aromatic carbocycles. The van der Waals surface area contributed by atoms with E-state index in [4.69, 9.17) is 9.47 Å². The summed E-state index contributed by atoms with van der Waals surface area (Å²) in [5.74, 6) is -0.0200. The third-order valence-corrected chi connectivity index (χ3v) is 4.14. The van der Waals surface area contributed by atoms with Crippen LogP contribution in [-0.4, -0.2) is 25.0 Å². The summed E-state index contributed by atoms with van der Waals surface area (Å²) in [7, 11) is 0. The highest BCUT2D eigenvalue weighted by Gasteiger charge is 2.13. The van der Waals surface area contributed by atoms with Gasteiger partial charge >= 0.3 is 0 Å². The summed E-state index contributed by atoms with van der Waals surface area (Å²) in [6.45, 7) is 3.61. The molecule has 0 aliphatic carbocycles. The van der Waals surface area contributed by atoms with E-state index in [1.165, 1.54) is 0 Å². The molecule has 152 valence electrons. The van der Waals surface area contributed by atoms with Gasteiger partial charge in [-0.25, -0.2) is 0 Å². The maximum atomic E-state index is 12.3. The van der Waals surface area contributed by atoms with Gasteiger partial charge in [0.25, 0.3) is 11.8 Å². The zero-order valence-corrected chi connectivity index (χ0v) is 16.3. The van der Waals surface area contributed by atoms with Crippen LogP contribution in [0.3, 0.4) is 0 Å². The highest BCUT2D eigenvalue weighted by Crippen LogP contribution is 2.22. The van der Waals surface area contributed by atoms with Gasteiger partial charge < -0.3 is 9.47 Å². The van der Waals surface area contributed by atoms with Crippen molar-refractivity contribution in [3.05, 3.63) is 97.1 Å². The fraction of sp³-hybridized carbons (Fsp3) is 0.0833. The van der Waals surface area contributed by atoms with Crippen molar-refractivity contribution in [2.75, 3.05) is 13.2 Å². The maximum absolute atomic E-state index is 12.3. The number of hydrogen-bond acceptors (Lipinski definition) is 4. The molecule has 2 N–H and O–H groups in total. The van der Waals surface area contributed by atoms with Gasteiger partial charge in [0.1, 0.15) is 18.1 Å². The Morgan fingerprint density at radius 3 is 2.20 bits per heavy atom. The number of carbonyl (C=O) groups is 2. The van der Waals surface area contributed by atoms with E-state index in [0.29, 0.717) is 17.1 Å². The Kier molecular flexibility index (Phi) is 7.22. The SMILES string of the molecule is C=CCOc1ccccc1C(=O)NNC(=O)COc1ccc(-c2ccccc2)cc1. The van der Waals surface area contributed by atoms with Crippen molar-refractivity contribution in [3.63, 3.8) is 0 Å². The van der Waals surface area contributed by atoms with Crippen LogP contribution in [0.2, 0.25) is 0 Å². The summed E-state index contributed by atoms with van der Waals surface area (Å²) in [6.07, 6.45) is 1.58. The first kappa shape index (κ1) is 20.7. The van der Waals surface area contributed by atoms with Gasteiger partial charge in [0.05, 0.1) is 5.56 Å². The molecule has 6 heteroatoms. The monoisotopic (exact) mass is 402 g/mol. The van der Waals surface area contributed by atoms with Gasteiger partial charge in [-0.3, -0.25) is 20.4 Å². The minimum Gasteiger partial charge on any atom is -0.489 e. The third kappa shape index (κ3) is 5.72. The smallest absolute Gasteiger partial charge is 0.276 e. The van der Waals surface area contributed by atoms with Gasteiger partial charge in [-0.1, -0.05) is 67.3 Å². The van der Waals surface area contributed by atoms with Crippen LogP contribution >= 0.6 is 0 Å². The number of carbonyl (C=O) groups excluding carboxylic acids is 2. The Bertz CT molecular complexity index is 1000. The molecule has 6 nitrogen and oxygen atoms in total. The number of hydrogen-bond donors (Lipinski definition) is 2. The number of nitrogens with one attached hydrogen (secondary N) is 2. The van der Waals surface area contributed by atoms with Gasteiger partial charge in [-0.15, -0.1) is 0 Å². The summed E-state index contributed by atoms with van der Waals surface area (Å²) in [6, 6.07) is 24.1. The van der Waals surface area contributed by atoms with Gasteiger partial charge in [0, 0.05) is 0 Å². The molecule has 0 saturated carbocycles. The van der Waals surface area contributed by atoms with Crippen LogP contribution in [0, 0.1) is 0 Å². The Balaban J connectivity index is 1.48. The molecule has 0 fully saturated rings. The molecule has 0 saturated heterocycles. The molecule has 0 radical (unpaired) electrons. The van der Waals surface area contributed by atoms with Crippen LogP contribution in [0.5, 0.6) is 11.5 Å². The van der Waals surface area contributed by atoms with Crippen molar-refractivity contribution >= 4 is 11.8 Å². The fourth-order valence-corrected chi connectivity index (χ4v) is 2.68. The van der Waals surface area contributed by atoms with Crippen molar-refractivity contribution in [3.8, 4) is 22.6 Å². The molecule has 0 atom stereocenters. The second kappa shape index (κ2) is 10.5. The number of amides is 2. The summed E-state index contributed by atoms with van der Waals surface area (Å²) in [5.41, 5.74) is 7.15. The minimum atomic E-state index is -0.491. The van der Waals surface area contributed by atoms with Crippen LogP contribution in [0.15, 0.2) is 91.5 Å². The number of ether oxygens (including phenoxy) is 2. The highest BCUT2D eigenvalue weighted by atomic mass is 16.5. The van der Waals surface area contributed by atoms with E-state index in [1.807, 2.05) is 42.5 Å². The van der Waals surface area contributed by atoms with Crippen LogP contribution in [0.1, 0.15) is 10.4 Å². The lowest BCUT2D eigenvalue weighted by Crippen LogP contribution is -2.43. The molecule has 0 heterocycles. The average molecular weight is 402 g/mol. The highest BCUT2D eigenvalue weighted by molar-refractivity contribution is 5.97. The maximum Gasteiger partial charge on any atom is 0.276 e. The molecule has 0 bridgehead atoms. The van der Waals surface area contributed by atoms with Crippen molar-refractivity contribution in [2.24, 2.45) is 0 Å². The second-order valence-electron chi connectivity index (χ2n) is 6.28. The molecule has 0 spiro atoms. The van der Waals surface area contributed by atoms with Crippen LogP contribution < -0.4 is 20.3 Å². The average Bonchev–Trinajstić information content (AvgIpc) is 2.81. The Morgan fingerprint density at radius 2 is 1.47 bits per heavy atom. The molecular formula is C24H22N2O4. The number of rotatable bonds is 8. The van der Waals surface area contributed by atoms with Crippen molar-refractivity contribution < 1.29 is 19.1 Å². The molecule has 3 rings (SSSR count). The lowest BCUT2D eigenvalue weighted by atomic mass is 10.1. The molecule has 0 unspecified atom stereocenters. The summed E-state index contributed by atoms with van der Waals surface area (Å²) in [4.78, 5) is 24.3. The van der Waals surface area contributed by atoms with E-state index in [2.05, 4.69) is 17.4 Å². The third-order valence-electron chi connectivity index (χ3n) is 4.14. The Labute approximate surface area is 175 Å². The standard InChI is InChI=1S/C24H22N2O4/c1-2-16-29-22-11-7-6-10-21(22)24(28)26-25-23(27)17-30-20-14-12-19(13-15-20)18-8-4-3-5-9-18/h2-15H,1,16-17H2,(H,25,27)(H,26,28). The van der Waals surface area contributed by atoms with E-state index >= 15 is 0 Å². The van der Waals surface area contributed by atoms with Gasteiger partial charge in [0.2, 0.25) is 0 Å². The summed E-state index contributed by atoms with van der Waals surface area (Å²) in [5, 5.41) is 0. The van der Waals surface area contributed by atoms with E-state index < -0.39 is 11.8 Å². The first-order valence-corrected chi connectivity index (χ1v) is 9.37. The topological polar surface area (TPSA) is 76.7 Å². The summed E-state index contributed by atoms with van der Waals surface area (Å²) >= 11 is 0. The van der Waals surface area contributed by atoms with Crippen LogP contribution in [-0.2, 0) is 4.79 Å². The number of hydrazine groups is 1. The number of benzene rings is 3. The normalized spacial score (nSPS) is 10.0. The van der Waals surface area contributed by atoms with Crippen molar-refractivity contribution in [2.45, 2.75) is 0 Å².